The van der Waals surface area contributed by atoms with Gasteiger partial charge in [-0.1, -0.05) is 12.5 Å². The molecule has 4 atom stereocenters. The third kappa shape index (κ3) is 4.09. The van der Waals surface area contributed by atoms with Crippen LogP contribution in [0.25, 0.3) is 0 Å². The van der Waals surface area contributed by atoms with Crippen LogP contribution in [0.15, 0.2) is 23.1 Å². The third-order valence-corrected chi connectivity index (χ3v) is 10.3. The fourth-order valence-corrected chi connectivity index (χ4v) is 9.00. The van der Waals surface area contributed by atoms with Crippen molar-refractivity contribution in [1.82, 2.24) is 9.62 Å². The Hall–Kier alpha value is -1.93. The molecule has 1 saturated heterocycles. The van der Waals surface area contributed by atoms with E-state index in [0.717, 1.165) is 56.9 Å². The van der Waals surface area contributed by atoms with Gasteiger partial charge in [-0.15, -0.1) is 0 Å². The number of carbonyl (C=O) groups excluding carboxylic acids is 2. The minimum Gasteiger partial charge on any atom is -0.351 e. The quantitative estimate of drug-likeness (QED) is 0.683. The molecule has 8 heteroatoms. The molecule has 4 aliphatic carbocycles. The molecule has 1 aliphatic heterocycles. The molecule has 180 valence electrons. The molecule has 6 rings (SSSR count). The van der Waals surface area contributed by atoms with E-state index in [1.54, 1.807) is 29.4 Å². The van der Waals surface area contributed by atoms with Crippen LogP contribution in [0.1, 0.15) is 70.3 Å². The second-order valence-electron chi connectivity index (χ2n) is 11.1. The standard InChI is InChI=1S/C25H35N3O4S/c1-17-6-7-21(33(31,32)28-8-4-3-5-9-28)11-22(17)26-23(30)24-12-19-10-20(13-24)15-25(14-19,16-24)27-18(2)29/h6-7,11,19-20H,3-5,8-10,12-16H2,1-2H3,(H,26,30)(H,27,29)/t19-,20+,24?,25?. The minimum absolute atomic E-state index is 0.0260. The van der Waals surface area contributed by atoms with Crippen LogP contribution in [0.3, 0.4) is 0 Å². The Kier molecular flexibility index (Phi) is 5.59. The lowest BCUT2D eigenvalue weighted by molar-refractivity contribution is -0.148. The molecule has 0 spiro atoms. The molecule has 1 aromatic carbocycles. The number of carbonyl (C=O) groups is 2. The number of hydrogen-bond donors (Lipinski definition) is 2. The van der Waals surface area contributed by atoms with Crippen LogP contribution in [-0.2, 0) is 19.6 Å². The van der Waals surface area contributed by atoms with Crippen molar-refractivity contribution < 1.29 is 18.0 Å². The van der Waals surface area contributed by atoms with Gasteiger partial charge in [-0.05, 0) is 87.8 Å². The molecule has 5 fully saturated rings. The number of benzene rings is 1. The zero-order valence-electron chi connectivity index (χ0n) is 19.7. The van der Waals surface area contributed by atoms with Crippen LogP contribution in [0, 0.1) is 24.2 Å². The molecule has 4 bridgehead atoms. The van der Waals surface area contributed by atoms with E-state index in [1.165, 1.54) is 0 Å². The molecule has 7 nitrogen and oxygen atoms in total. The van der Waals surface area contributed by atoms with Crippen molar-refractivity contribution in [3.8, 4) is 0 Å². The van der Waals surface area contributed by atoms with E-state index in [0.29, 0.717) is 37.0 Å². The average Bonchev–Trinajstić information content (AvgIpc) is 2.74. The normalized spacial score (nSPS) is 33.6. The van der Waals surface area contributed by atoms with Crippen molar-refractivity contribution in [2.24, 2.45) is 17.3 Å². The van der Waals surface area contributed by atoms with Crippen molar-refractivity contribution >= 4 is 27.5 Å². The molecule has 2 amide bonds. The zero-order valence-corrected chi connectivity index (χ0v) is 20.5. The minimum atomic E-state index is -3.57. The second-order valence-corrected chi connectivity index (χ2v) is 13.0. The monoisotopic (exact) mass is 473 g/mol. The van der Waals surface area contributed by atoms with Crippen LogP contribution < -0.4 is 10.6 Å². The molecule has 1 aromatic rings. The van der Waals surface area contributed by atoms with E-state index < -0.39 is 15.4 Å². The fourth-order valence-electron chi connectivity index (χ4n) is 7.45. The van der Waals surface area contributed by atoms with Crippen molar-refractivity contribution in [2.45, 2.75) is 82.1 Å². The van der Waals surface area contributed by atoms with E-state index in [-0.39, 0.29) is 22.2 Å². The largest absolute Gasteiger partial charge is 0.351 e. The summed E-state index contributed by atoms with van der Waals surface area (Å²) in [5.41, 5.74) is 0.646. The van der Waals surface area contributed by atoms with Gasteiger partial charge in [0.1, 0.15) is 0 Å². The van der Waals surface area contributed by atoms with E-state index in [9.17, 15) is 18.0 Å². The lowest BCUT2D eigenvalue weighted by Crippen LogP contribution is -2.65. The molecular weight excluding hydrogens is 438 g/mol. The second kappa shape index (κ2) is 8.08. The summed E-state index contributed by atoms with van der Waals surface area (Å²) < 4.78 is 27.9. The van der Waals surface area contributed by atoms with E-state index >= 15 is 0 Å². The number of rotatable bonds is 5. The highest BCUT2D eigenvalue weighted by Gasteiger charge is 2.60. The number of nitrogens with one attached hydrogen (secondary N) is 2. The van der Waals surface area contributed by atoms with Crippen molar-refractivity contribution in [3.63, 3.8) is 0 Å². The molecule has 0 radical (unpaired) electrons. The highest BCUT2D eigenvalue weighted by molar-refractivity contribution is 7.89. The average molecular weight is 474 g/mol. The zero-order chi connectivity index (χ0) is 23.4. The smallest absolute Gasteiger partial charge is 0.243 e. The maximum atomic E-state index is 13.7. The Balaban J connectivity index is 1.40. The molecule has 2 N–H and O–H groups in total. The number of nitrogens with zero attached hydrogens (tertiary/aromatic N) is 1. The topological polar surface area (TPSA) is 95.6 Å². The SMILES string of the molecule is CC(=O)NC12C[C@H]3C[C@@H](C1)CC(C(=O)Nc1cc(S(=O)(=O)N4CCCCC4)ccc1C)(C3)C2. The highest BCUT2D eigenvalue weighted by atomic mass is 32.2. The van der Waals surface area contributed by atoms with Crippen LogP contribution in [0.2, 0.25) is 0 Å². The van der Waals surface area contributed by atoms with Crippen LogP contribution in [0.4, 0.5) is 5.69 Å². The van der Waals surface area contributed by atoms with Gasteiger partial charge in [-0.2, -0.15) is 4.31 Å². The molecule has 1 heterocycles. The van der Waals surface area contributed by atoms with Crippen LogP contribution in [0.5, 0.6) is 0 Å². The van der Waals surface area contributed by atoms with Gasteiger partial charge in [0.2, 0.25) is 21.8 Å². The Morgan fingerprint density at radius 1 is 1.03 bits per heavy atom. The summed E-state index contributed by atoms with van der Waals surface area (Å²) in [6.07, 6.45) is 8.25. The van der Waals surface area contributed by atoms with Gasteiger partial charge in [0.05, 0.1) is 10.3 Å². The maximum absolute atomic E-state index is 13.7. The Labute approximate surface area is 196 Å². The highest BCUT2D eigenvalue weighted by Crippen LogP contribution is 2.62. The van der Waals surface area contributed by atoms with Crippen molar-refractivity contribution in [1.29, 1.82) is 0 Å². The fraction of sp³-hybridized carbons (Fsp3) is 0.680. The lowest BCUT2D eigenvalue weighted by Gasteiger charge is -2.61. The van der Waals surface area contributed by atoms with E-state index in [2.05, 4.69) is 10.6 Å². The Morgan fingerprint density at radius 2 is 1.70 bits per heavy atom. The van der Waals surface area contributed by atoms with Crippen LogP contribution in [-0.4, -0.2) is 43.2 Å². The van der Waals surface area contributed by atoms with Crippen molar-refractivity contribution in [3.05, 3.63) is 23.8 Å². The van der Waals surface area contributed by atoms with E-state index in [1.807, 2.05) is 6.92 Å². The lowest BCUT2D eigenvalue weighted by atomic mass is 9.46. The number of amides is 2. The van der Waals surface area contributed by atoms with Gasteiger partial charge >= 0.3 is 0 Å². The summed E-state index contributed by atoms with van der Waals surface area (Å²) in [5, 5.41) is 6.32. The third-order valence-electron chi connectivity index (χ3n) is 8.39. The summed E-state index contributed by atoms with van der Waals surface area (Å²) >= 11 is 0. The summed E-state index contributed by atoms with van der Waals surface area (Å²) in [5.74, 6) is 0.854. The van der Waals surface area contributed by atoms with Gasteiger partial charge in [0, 0.05) is 31.2 Å². The number of hydrogen-bond acceptors (Lipinski definition) is 4. The predicted octanol–water partition coefficient (Wildman–Crippen LogP) is 3.58. The Bertz CT molecular complexity index is 1060. The van der Waals surface area contributed by atoms with Crippen LogP contribution >= 0.6 is 0 Å². The molecule has 5 aliphatic rings. The first-order valence-electron chi connectivity index (χ1n) is 12.3. The number of aryl methyl sites for hydroxylation is 1. The summed E-state index contributed by atoms with van der Waals surface area (Å²) in [6.45, 7) is 4.55. The number of anilines is 1. The summed E-state index contributed by atoms with van der Waals surface area (Å²) in [4.78, 5) is 25.9. The van der Waals surface area contributed by atoms with Gasteiger partial charge in [-0.3, -0.25) is 9.59 Å². The first-order valence-corrected chi connectivity index (χ1v) is 13.8. The summed E-state index contributed by atoms with van der Waals surface area (Å²) in [6, 6.07) is 5.05. The first-order chi connectivity index (χ1) is 15.6. The molecule has 33 heavy (non-hydrogen) atoms. The maximum Gasteiger partial charge on any atom is 0.243 e. The van der Waals surface area contributed by atoms with Gasteiger partial charge in [0.15, 0.2) is 0 Å². The van der Waals surface area contributed by atoms with Crippen molar-refractivity contribution in [2.75, 3.05) is 18.4 Å². The predicted molar refractivity (Wildman–Crippen MR) is 126 cm³/mol. The Morgan fingerprint density at radius 3 is 2.33 bits per heavy atom. The molecule has 4 saturated carbocycles. The number of piperidine rings is 1. The van der Waals surface area contributed by atoms with Gasteiger partial charge in [-0.25, -0.2) is 8.42 Å². The molecule has 0 aromatic heterocycles. The summed E-state index contributed by atoms with van der Waals surface area (Å²) in [7, 11) is -3.57. The first kappa shape index (κ1) is 22.8. The molecular formula is C25H35N3O4S. The van der Waals surface area contributed by atoms with Gasteiger partial charge in [0.25, 0.3) is 0 Å². The van der Waals surface area contributed by atoms with Gasteiger partial charge < -0.3 is 10.6 Å². The van der Waals surface area contributed by atoms with E-state index in [4.69, 9.17) is 0 Å². The number of sulfonamides is 1. The molecule has 2 unspecified atom stereocenters.